The van der Waals surface area contributed by atoms with Crippen molar-refractivity contribution < 1.29 is 5.11 Å². The molecule has 0 aliphatic heterocycles. The van der Waals surface area contributed by atoms with Crippen LogP contribution in [0.15, 0.2) is 29.5 Å². The molecule has 1 heterocycles. The van der Waals surface area contributed by atoms with E-state index >= 15 is 0 Å². The molecule has 142 valence electrons. The van der Waals surface area contributed by atoms with Crippen LogP contribution in [-0.2, 0) is 19.2 Å². The normalized spacial score (nSPS) is 14.2. The number of hydrogen-bond donors (Lipinski definition) is 3. The number of aromatic nitrogens is 2. The summed E-state index contributed by atoms with van der Waals surface area (Å²) in [6, 6.07) is 4.37. The summed E-state index contributed by atoms with van der Waals surface area (Å²) in [6.07, 6.45) is 3.51. The number of nitrogens with one attached hydrogen (secondary N) is 2. The lowest BCUT2D eigenvalue weighted by atomic mass is 10.00. The first-order valence-electron chi connectivity index (χ1n) is 9.03. The van der Waals surface area contributed by atoms with E-state index in [1.54, 1.807) is 17.8 Å². The first-order chi connectivity index (χ1) is 12.2. The summed E-state index contributed by atoms with van der Waals surface area (Å²) in [4.78, 5) is 4.70. The van der Waals surface area contributed by atoms with E-state index in [1.807, 2.05) is 20.2 Å². The van der Waals surface area contributed by atoms with Gasteiger partial charge in [0.2, 0.25) is 0 Å². The Morgan fingerprint density at radius 3 is 2.42 bits per heavy atom. The highest BCUT2D eigenvalue weighted by atomic mass is 16.3. The summed E-state index contributed by atoms with van der Waals surface area (Å²) in [6.45, 7) is 11.9. The lowest BCUT2D eigenvalue weighted by molar-refractivity contribution is 0.0616. The minimum absolute atomic E-state index is 0.344. The second kappa shape index (κ2) is 8.36. The predicted octanol–water partition coefficient (Wildman–Crippen LogP) is 2.31. The molecule has 0 saturated carbocycles. The van der Waals surface area contributed by atoms with Gasteiger partial charge in [-0.3, -0.25) is 4.68 Å². The largest absolute Gasteiger partial charge is 0.383 e. The molecule has 0 radical (unpaired) electrons. The monoisotopic (exact) mass is 357 g/mol. The third kappa shape index (κ3) is 5.08. The molecule has 0 amide bonds. The first kappa shape index (κ1) is 20.0. The molecule has 6 heteroatoms. The van der Waals surface area contributed by atoms with E-state index in [2.05, 4.69) is 48.6 Å². The van der Waals surface area contributed by atoms with Crippen LogP contribution in [0.2, 0.25) is 0 Å². The SMILES string of the molecule is CCNC(=NCc1c(C)cc(C)cc1C)NCC(C)(O)c1cnn(C)c1. The predicted molar refractivity (Wildman–Crippen MR) is 106 cm³/mol. The number of guanidine groups is 1. The zero-order chi connectivity index (χ0) is 19.3. The van der Waals surface area contributed by atoms with Crippen LogP contribution in [0.25, 0.3) is 0 Å². The highest BCUT2D eigenvalue weighted by molar-refractivity contribution is 5.79. The Kier molecular flexibility index (Phi) is 6.42. The van der Waals surface area contributed by atoms with Crippen LogP contribution >= 0.6 is 0 Å². The quantitative estimate of drug-likeness (QED) is 0.548. The summed E-state index contributed by atoms with van der Waals surface area (Å²) in [7, 11) is 1.84. The summed E-state index contributed by atoms with van der Waals surface area (Å²) in [5.74, 6) is 0.691. The number of aryl methyl sites for hydroxylation is 4. The molecule has 0 saturated heterocycles. The van der Waals surface area contributed by atoms with Gasteiger partial charge in [0.25, 0.3) is 0 Å². The van der Waals surface area contributed by atoms with Crippen molar-refractivity contribution in [3.8, 4) is 0 Å². The molecule has 2 rings (SSSR count). The number of aliphatic hydroxyl groups is 1. The number of benzene rings is 1. The standard InChI is InChI=1S/C20H31N5O/c1-7-21-19(22-11-18-15(3)8-14(2)9-16(18)4)23-13-20(5,26)17-10-24-25(6)12-17/h8-10,12,26H,7,11,13H2,1-6H3,(H2,21,22,23). The third-order valence-electron chi connectivity index (χ3n) is 4.51. The molecule has 0 spiro atoms. The molecule has 0 bridgehead atoms. The minimum atomic E-state index is -1.03. The Balaban J connectivity index is 2.10. The zero-order valence-electron chi connectivity index (χ0n) is 16.7. The molecule has 1 aromatic carbocycles. The summed E-state index contributed by atoms with van der Waals surface area (Å²) < 4.78 is 1.69. The average molecular weight is 358 g/mol. The van der Waals surface area contributed by atoms with Crippen LogP contribution in [-0.4, -0.2) is 33.9 Å². The van der Waals surface area contributed by atoms with Gasteiger partial charge in [-0.15, -0.1) is 0 Å². The lowest BCUT2D eigenvalue weighted by Crippen LogP contribution is -2.44. The molecule has 3 N–H and O–H groups in total. The van der Waals surface area contributed by atoms with Crippen LogP contribution < -0.4 is 10.6 Å². The maximum atomic E-state index is 10.7. The second-order valence-electron chi connectivity index (χ2n) is 7.10. The molecule has 0 aliphatic carbocycles. The molecule has 26 heavy (non-hydrogen) atoms. The number of nitrogens with zero attached hydrogens (tertiary/aromatic N) is 3. The molecule has 1 atom stereocenters. The summed E-state index contributed by atoms with van der Waals surface area (Å²) in [5, 5.41) is 21.3. The highest BCUT2D eigenvalue weighted by Gasteiger charge is 2.25. The van der Waals surface area contributed by atoms with Crippen LogP contribution in [0.5, 0.6) is 0 Å². The van der Waals surface area contributed by atoms with Crippen molar-refractivity contribution >= 4 is 5.96 Å². The number of rotatable bonds is 6. The summed E-state index contributed by atoms with van der Waals surface area (Å²) >= 11 is 0. The Labute approximate surface area is 156 Å². The Morgan fingerprint density at radius 2 is 1.88 bits per heavy atom. The molecule has 6 nitrogen and oxygen atoms in total. The van der Waals surface area contributed by atoms with Crippen LogP contribution in [0.1, 0.15) is 41.7 Å². The number of aliphatic imine (C=N–C) groups is 1. The van der Waals surface area contributed by atoms with Crippen molar-refractivity contribution in [1.82, 2.24) is 20.4 Å². The summed E-state index contributed by atoms with van der Waals surface area (Å²) in [5.41, 5.74) is 4.76. The van der Waals surface area contributed by atoms with E-state index in [0.29, 0.717) is 19.0 Å². The van der Waals surface area contributed by atoms with Gasteiger partial charge in [0.15, 0.2) is 5.96 Å². The fourth-order valence-electron chi connectivity index (χ4n) is 3.02. The minimum Gasteiger partial charge on any atom is -0.383 e. The van der Waals surface area contributed by atoms with Crippen LogP contribution in [0.3, 0.4) is 0 Å². The average Bonchev–Trinajstić information content (AvgIpc) is 2.99. The van der Waals surface area contributed by atoms with E-state index < -0.39 is 5.60 Å². The van der Waals surface area contributed by atoms with Crippen molar-refractivity contribution in [3.63, 3.8) is 0 Å². The highest BCUT2D eigenvalue weighted by Crippen LogP contribution is 2.19. The molecule has 1 aromatic heterocycles. The van der Waals surface area contributed by atoms with Crippen molar-refractivity contribution in [2.45, 2.75) is 46.8 Å². The second-order valence-corrected chi connectivity index (χ2v) is 7.10. The van der Waals surface area contributed by atoms with Gasteiger partial charge >= 0.3 is 0 Å². The van der Waals surface area contributed by atoms with Crippen molar-refractivity contribution in [2.24, 2.45) is 12.0 Å². The van der Waals surface area contributed by atoms with Crippen molar-refractivity contribution in [1.29, 1.82) is 0 Å². The van der Waals surface area contributed by atoms with E-state index in [9.17, 15) is 5.11 Å². The Morgan fingerprint density at radius 1 is 1.23 bits per heavy atom. The molecular weight excluding hydrogens is 326 g/mol. The van der Waals surface area contributed by atoms with Crippen molar-refractivity contribution in [2.75, 3.05) is 13.1 Å². The van der Waals surface area contributed by atoms with E-state index in [4.69, 9.17) is 4.99 Å². The molecule has 2 aromatic rings. The van der Waals surface area contributed by atoms with Gasteiger partial charge < -0.3 is 15.7 Å². The van der Waals surface area contributed by atoms with E-state index in [0.717, 1.165) is 12.1 Å². The van der Waals surface area contributed by atoms with Gasteiger partial charge in [-0.25, -0.2) is 4.99 Å². The maximum absolute atomic E-state index is 10.7. The van der Waals surface area contributed by atoms with Crippen molar-refractivity contribution in [3.05, 3.63) is 52.3 Å². The zero-order valence-corrected chi connectivity index (χ0v) is 16.7. The van der Waals surface area contributed by atoms with Gasteiger partial charge in [-0.05, 0) is 51.3 Å². The first-order valence-corrected chi connectivity index (χ1v) is 9.03. The van der Waals surface area contributed by atoms with Crippen LogP contribution in [0.4, 0.5) is 0 Å². The van der Waals surface area contributed by atoms with Gasteiger partial charge in [-0.2, -0.15) is 5.10 Å². The Bertz CT molecular complexity index is 753. The van der Waals surface area contributed by atoms with Gasteiger partial charge in [0.05, 0.1) is 19.3 Å². The molecular formula is C20H31N5O. The van der Waals surface area contributed by atoms with E-state index in [-0.39, 0.29) is 0 Å². The van der Waals surface area contributed by atoms with E-state index in [1.165, 1.54) is 22.3 Å². The topological polar surface area (TPSA) is 74.5 Å². The molecule has 0 aliphatic rings. The fraction of sp³-hybridized carbons (Fsp3) is 0.500. The lowest BCUT2D eigenvalue weighted by Gasteiger charge is -2.23. The maximum Gasteiger partial charge on any atom is 0.191 e. The Hall–Kier alpha value is -2.34. The van der Waals surface area contributed by atoms with Gasteiger partial charge in [0.1, 0.15) is 5.60 Å². The van der Waals surface area contributed by atoms with Gasteiger partial charge in [0, 0.05) is 25.4 Å². The van der Waals surface area contributed by atoms with Gasteiger partial charge in [-0.1, -0.05) is 17.7 Å². The fourth-order valence-corrected chi connectivity index (χ4v) is 3.02. The smallest absolute Gasteiger partial charge is 0.191 e. The number of hydrogen-bond acceptors (Lipinski definition) is 3. The molecule has 0 fully saturated rings. The van der Waals surface area contributed by atoms with Crippen LogP contribution in [0, 0.1) is 20.8 Å². The molecule has 1 unspecified atom stereocenters. The third-order valence-corrected chi connectivity index (χ3v) is 4.51.